The Morgan fingerprint density at radius 2 is 2.13 bits per heavy atom. The predicted molar refractivity (Wildman–Crippen MR) is 90.8 cm³/mol. The van der Waals surface area contributed by atoms with Gasteiger partial charge in [0.05, 0.1) is 19.3 Å². The Morgan fingerprint density at radius 1 is 1.35 bits per heavy atom. The average Bonchev–Trinajstić information content (AvgIpc) is 2.58. The number of aromatic nitrogens is 1. The fourth-order valence-electron chi connectivity index (χ4n) is 1.37. The molecule has 0 aliphatic rings. The van der Waals surface area contributed by atoms with Gasteiger partial charge in [0.15, 0.2) is 0 Å². The van der Waals surface area contributed by atoms with Crippen molar-refractivity contribution in [2.45, 2.75) is 18.1 Å². The average molecular weight is 359 g/mol. The molecule has 0 saturated heterocycles. The number of aliphatic hydroxyl groups excluding tert-OH is 2. The molecule has 0 aromatic carbocycles. The van der Waals surface area contributed by atoms with Crippen LogP contribution in [0.3, 0.4) is 0 Å². The van der Waals surface area contributed by atoms with Gasteiger partial charge in [-0.05, 0) is 22.9 Å². The van der Waals surface area contributed by atoms with Crippen LogP contribution in [0, 0.1) is 5.92 Å². The number of pyridine rings is 1. The maximum Gasteiger partial charge on any atom is 0.239 e. The lowest BCUT2D eigenvalue weighted by Gasteiger charge is -2.12. The Morgan fingerprint density at radius 3 is 2.78 bits per heavy atom. The lowest BCUT2D eigenvalue weighted by molar-refractivity contribution is -0.127. The van der Waals surface area contributed by atoms with E-state index in [1.54, 1.807) is 13.1 Å². The van der Waals surface area contributed by atoms with E-state index < -0.39 is 18.6 Å². The molecular weight excluding hydrogens is 338 g/mol. The second kappa shape index (κ2) is 11.3. The van der Waals surface area contributed by atoms with Crippen molar-refractivity contribution in [3.63, 3.8) is 0 Å². The minimum Gasteiger partial charge on any atom is -0.394 e. The zero-order valence-corrected chi connectivity index (χ0v) is 14.4. The molecule has 1 aromatic heterocycles. The van der Waals surface area contributed by atoms with Crippen molar-refractivity contribution in [1.29, 1.82) is 0 Å². The van der Waals surface area contributed by atoms with E-state index in [4.69, 9.17) is 10.2 Å². The third-order valence-electron chi connectivity index (χ3n) is 2.72. The topological polar surface area (TPSA) is 112 Å². The summed E-state index contributed by atoms with van der Waals surface area (Å²) in [5.41, 5.74) is 0. The fraction of sp³-hybridized carbons (Fsp3) is 0.500. The van der Waals surface area contributed by atoms with Crippen LogP contribution < -0.4 is 10.6 Å². The van der Waals surface area contributed by atoms with Crippen LogP contribution in [0.5, 0.6) is 0 Å². The molecule has 7 nitrogen and oxygen atoms in total. The van der Waals surface area contributed by atoms with Gasteiger partial charge in [0.25, 0.3) is 0 Å². The van der Waals surface area contributed by atoms with Crippen molar-refractivity contribution in [2.24, 2.45) is 5.92 Å². The Kier molecular flexibility index (Phi) is 9.69. The van der Waals surface area contributed by atoms with Crippen LogP contribution in [0.1, 0.15) is 6.92 Å². The normalized spacial score (nSPS) is 13.2. The summed E-state index contributed by atoms with van der Waals surface area (Å²) in [7, 11) is 3.03. The van der Waals surface area contributed by atoms with Gasteiger partial charge in [-0.3, -0.25) is 9.59 Å². The van der Waals surface area contributed by atoms with Gasteiger partial charge in [0.2, 0.25) is 11.8 Å². The van der Waals surface area contributed by atoms with E-state index in [0.29, 0.717) is 5.75 Å². The van der Waals surface area contributed by atoms with E-state index in [-0.39, 0.29) is 24.9 Å². The molecule has 1 rings (SSSR count). The maximum absolute atomic E-state index is 11.9. The Hall–Kier alpha value is -1.29. The van der Waals surface area contributed by atoms with Crippen molar-refractivity contribution in [3.8, 4) is 0 Å². The molecule has 0 saturated carbocycles. The van der Waals surface area contributed by atoms with Crippen LogP contribution in [0.25, 0.3) is 0 Å². The van der Waals surface area contributed by atoms with E-state index in [2.05, 4.69) is 15.6 Å². The van der Waals surface area contributed by atoms with Crippen molar-refractivity contribution in [2.75, 3.05) is 25.4 Å². The number of nitrogens with one attached hydrogen (secondary N) is 2. The van der Waals surface area contributed by atoms with Gasteiger partial charge in [-0.2, -0.15) is 0 Å². The number of carbonyl (C=O) groups is 2. The molecule has 2 unspecified atom stereocenters. The molecule has 23 heavy (non-hydrogen) atoms. The van der Waals surface area contributed by atoms with Gasteiger partial charge >= 0.3 is 0 Å². The van der Waals surface area contributed by atoms with Crippen LogP contribution >= 0.6 is 21.6 Å². The lowest BCUT2D eigenvalue weighted by atomic mass is 10.2. The molecule has 2 atom stereocenters. The summed E-state index contributed by atoms with van der Waals surface area (Å²) in [6.45, 7) is 1.17. The fourth-order valence-corrected chi connectivity index (χ4v) is 3.63. The summed E-state index contributed by atoms with van der Waals surface area (Å²) in [6.07, 6.45) is 0.722. The molecule has 1 heterocycles. The molecule has 1 aromatic rings. The third-order valence-corrected chi connectivity index (χ3v) is 5.16. The van der Waals surface area contributed by atoms with Crippen LogP contribution in [-0.4, -0.2) is 58.6 Å². The predicted octanol–water partition coefficient (Wildman–Crippen LogP) is 0.0436. The summed E-state index contributed by atoms with van der Waals surface area (Å²) in [5, 5.41) is 23.6. The molecule has 0 aliphatic carbocycles. The molecule has 0 aliphatic heterocycles. The Bertz CT molecular complexity index is 490. The van der Waals surface area contributed by atoms with Crippen molar-refractivity contribution >= 4 is 33.4 Å². The minimum absolute atomic E-state index is 0.0443. The van der Waals surface area contributed by atoms with Gasteiger partial charge in [0, 0.05) is 24.4 Å². The van der Waals surface area contributed by atoms with Gasteiger partial charge < -0.3 is 20.8 Å². The zero-order valence-electron chi connectivity index (χ0n) is 12.8. The van der Waals surface area contributed by atoms with Crippen LogP contribution in [-0.2, 0) is 9.59 Å². The summed E-state index contributed by atoms with van der Waals surface area (Å²) in [6, 6.07) is 5.64. The standard InChI is InChI=1S/C14H21N3O4S2/c1-10(9-22-23-13-4-2-3-5-15-13)14(21)17-7-12(20)16-6-11(19)8-18/h2-5,10-11,18-19H,6-9H2,1H3,(H,16,20)(H,17,21). The second-order valence-electron chi connectivity index (χ2n) is 4.80. The smallest absolute Gasteiger partial charge is 0.239 e. The largest absolute Gasteiger partial charge is 0.394 e. The monoisotopic (exact) mass is 359 g/mol. The maximum atomic E-state index is 11.9. The number of hydrogen-bond donors (Lipinski definition) is 4. The lowest BCUT2D eigenvalue weighted by Crippen LogP contribution is -2.42. The Labute approximate surface area is 143 Å². The third kappa shape index (κ3) is 8.80. The van der Waals surface area contributed by atoms with Gasteiger partial charge in [-0.25, -0.2) is 4.98 Å². The highest BCUT2D eigenvalue weighted by atomic mass is 33.1. The molecule has 0 spiro atoms. The van der Waals surface area contributed by atoms with Gasteiger partial charge in [0.1, 0.15) is 5.03 Å². The Balaban J connectivity index is 2.17. The van der Waals surface area contributed by atoms with E-state index in [9.17, 15) is 9.59 Å². The van der Waals surface area contributed by atoms with Crippen molar-refractivity contribution in [1.82, 2.24) is 15.6 Å². The minimum atomic E-state index is -0.992. The van der Waals surface area contributed by atoms with Crippen molar-refractivity contribution in [3.05, 3.63) is 24.4 Å². The quantitative estimate of drug-likeness (QED) is 0.437. The van der Waals surface area contributed by atoms with Crippen LogP contribution in [0.4, 0.5) is 0 Å². The van der Waals surface area contributed by atoms with E-state index in [1.165, 1.54) is 21.6 Å². The highest BCUT2D eigenvalue weighted by Gasteiger charge is 2.14. The highest BCUT2D eigenvalue weighted by Crippen LogP contribution is 2.30. The number of aliphatic hydroxyl groups is 2. The van der Waals surface area contributed by atoms with Crippen LogP contribution in [0.2, 0.25) is 0 Å². The number of amides is 2. The summed E-state index contributed by atoms with van der Waals surface area (Å²) in [5.74, 6) is -0.268. The molecular formula is C14H21N3O4S2. The van der Waals surface area contributed by atoms with E-state index >= 15 is 0 Å². The molecule has 4 N–H and O–H groups in total. The van der Waals surface area contributed by atoms with Crippen molar-refractivity contribution < 1.29 is 19.8 Å². The van der Waals surface area contributed by atoms with Gasteiger partial charge in [-0.1, -0.05) is 23.8 Å². The number of carbonyl (C=O) groups excluding carboxylic acids is 2. The molecule has 0 bridgehead atoms. The van der Waals surface area contributed by atoms with Gasteiger partial charge in [-0.15, -0.1) is 0 Å². The number of nitrogens with zero attached hydrogens (tertiary/aromatic N) is 1. The number of rotatable bonds is 10. The zero-order chi connectivity index (χ0) is 17.1. The summed E-state index contributed by atoms with van der Waals surface area (Å²) in [4.78, 5) is 27.5. The van der Waals surface area contributed by atoms with E-state index in [1.807, 2.05) is 18.2 Å². The SMILES string of the molecule is CC(CSSc1ccccn1)C(=O)NCC(=O)NCC(O)CO. The molecule has 9 heteroatoms. The molecule has 0 fully saturated rings. The van der Waals surface area contributed by atoms with Crippen LogP contribution in [0.15, 0.2) is 29.4 Å². The first-order valence-electron chi connectivity index (χ1n) is 7.06. The molecule has 0 radical (unpaired) electrons. The van der Waals surface area contributed by atoms with E-state index in [0.717, 1.165) is 5.03 Å². The molecule has 128 valence electrons. The number of hydrogen-bond acceptors (Lipinski definition) is 7. The summed E-state index contributed by atoms with van der Waals surface area (Å²) >= 11 is 0. The first-order valence-corrected chi connectivity index (χ1v) is 9.38. The first kappa shape index (κ1) is 19.8. The second-order valence-corrected chi connectivity index (χ2v) is 7.16. The first-order chi connectivity index (χ1) is 11.0. The molecule has 2 amide bonds. The summed E-state index contributed by atoms with van der Waals surface area (Å²) < 4.78 is 0. The highest BCUT2D eigenvalue weighted by molar-refractivity contribution is 8.76.